The maximum Gasteiger partial charge on any atom is 0.449 e. The van der Waals surface area contributed by atoms with E-state index in [0.717, 1.165) is 12.1 Å². The number of nitrogens with two attached hydrogens (primary N) is 1. The molecule has 0 saturated carbocycles. The monoisotopic (exact) mass is 505 g/mol. The van der Waals surface area contributed by atoms with E-state index in [2.05, 4.69) is 20.3 Å². The minimum absolute atomic E-state index is 0.0140. The molecule has 2 aromatic heterocycles. The number of hydrogen-bond acceptors (Lipinski definition) is 5. The number of nitrogens with one attached hydrogen (secondary N) is 2. The Bertz CT molecular complexity index is 1370. The van der Waals surface area contributed by atoms with Crippen molar-refractivity contribution in [3.05, 3.63) is 88.7 Å². The number of halogens is 5. The Morgan fingerprint density at radius 2 is 1.89 bits per heavy atom. The summed E-state index contributed by atoms with van der Waals surface area (Å²) >= 11 is 6.21. The van der Waals surface area contributed by atoms with Crippen LogP contribution in [-0.4, -0.2) is 20.9 Å². The number of ether oxygens (including phenoxy) is 1. The summed E-state index contributed by atoms with van der Waals surface area (Å²) in [6.45, 7) is -0.0140. The molecule has 0 unspecified atom stereocenters. The molecule has 0 aliphatic heterocycles. The number of rotatable bonds is 6. The highest BCUT2D eigenvalue weighted by atomic mass is 35.5. The van der Waals surface area contributed by atoms with Gasteiger partial charge in [0.05, 0.1) is 5.69 Å². The highest BCUT2D eigenvalue weighted by Crippen LogP contribution is 2.32. The largest absolute Gasteiger partial charge is 0.485 e. The van der Waals surface area contributed by atoms with Crippen molar-refractivity contribution in [2.75, 3.05) is 11.1 Å². The van der Waals surface area contributed by atoms with Gasteiger partial charge in [-0.25, -0.2) is 14.4 Å². The van der Waals surface area contributed by atoms with E-state index < -0.39 is 29.4 Å². The molecule has 2 aromatic carbocycles. The second-order valence-corrected chi connectivity index (χ2v) is 7.66. The first-order valence-corrected chi connectivity index (χ1v) is 10.4. The van der Waals surface area contributed by atoms with Crippen LogP contribution in [0.1, 0.15) is 21.9 Å². The Labute approximate surface area is 200 Å². The van der Waals surface area contributed by atoms with Crippen LogP contribution in [0.25, 0.3) is 11.3 Å². The molecule has 7 nitrogen and oxygen atoms in total. The van der Waals surface area contributed by atoms with Gasteiger partial charge in [-0.05, 0) is 54.6 Å². The van der Waals surface area contributed by atoms with Crippen LogP contribution >= 0.6 is 11.6 Å². The van der Waals surface area contributed by atoms with Gasteiger partial charge in [0.25, 0.3) is 5.91 Å². The molecule has 0 aliphatic carbocycles. The number of benzene rings is 2. The summed E-state index contributed by atoms with van der Waals surface area (Å²) in [7, 11) is 0. The zero-order valence-electron chi connectivity index (χ0n) is 17.7. The molecule has 1 amide bonds. The van der Waals surface area contributed by atoms with Crippen molar-refractivity contribution in [3.8, 4) is 17.0 Å². The van der Waals surface area contributed by atoms with Crippen molar-refractivity contribution in [3.63, 3.8) is 0 Å². The number of carbonyl (C=O) groups is 1. The Hall–Kier alpha value is -4.12. The maximum atomic E-state index is 13.3. The van der Waals surface area contributed by atoms with Crippen molar-refractivity contribution in [1.29, 1.82) is 0 Å². The van der Waals surface area contributed by atoms with E-state index in [1.54, 1.807) is 12.1 Å². The number of H-pyrrole nitrogens is 1. The molecule has 35 heavy (non-hydrogen) atoms. The summed E-state index contributed by atoms with van der Waals surface area (Å²) in [5.74, 6) is -2.35. The summed E-state index contributed by atoms with van der Waals surface area (Å²) in [5, 5.41) is 2.84. The Morgan fingerprint density at radius 1 is 1.14 bits per heavy atom. The van der Waals surface area contributed by atoms with E-state index in [1.807, 2.05) is 0 Å². The van der Waals surface area contributed by atoms with Crippen molar-refractivity contribution in [2.45, 2.75) is 12.8 Å². The van der Waals surface area contributed by atoms with Gasteiger partial charge in [0.1, 0.15) is 12.4 Å². The maximum absolute atomic E-state index is 13.3. The van der Waals surface area contributed by atoms with Crippen molar-refractivity contribution >= 4 is 29.0 Å². The fraction of sp³-hybridized carbons (Fsp3) is 0.0870. The lowest BCUT2D eigenvalue weighted by Crippen LogP contribution is -2.15. The lowest BCUT2D eigenvalue weighted by molar-refractivity contribution is -0.144. The molecule has 0 saturated heterocycles. The van der Waals surface area contributed by atoms with Crippen LogP contribution in [0.5, 0.6) is 5.75 Å². The van der Waals surface area contributed by atoms with Crippen LogP contribution in [0.3, 0.4) is 0 Å². The van der Waals surface area contributed by atoms with Gasteiger partial charge in [-0.2, -0.15) is 13.2 Å². The summed E-state index contributed by atoms with van der Waals surface area (Å²) < 4.78 is 58.7. The smallest absolute Gasteiger partial charge is 0.449 e. The van der Waals surface area contributed by atoms with Crippen molar-refractivity contribution in [1.82, 2.24) is 15.0 Å². The lowest BCUT2D eigenvalue weighted by atomic mass is 10.1. The van der Waals surface area contributed by atoms with Gasteiger partial charge >= 0.3 is 6.18 Å². The number of nitrogen functional groups attached to an aromatic ring is 1. The standard InChI is InChI=1S/C23H16ClF4N5O2/c24-16-8-7-15(10-13(16)11-35-17-2-1-9-30-20(17)29)31-21(34)19-18(12-3-5-14(25)6-4-12)32-22(33-19)23(26,27)28/h1-10H,11H2,(H2,29,30)(H,31,34)(H,32,33). The van der Waals surface area contributed by atoms with Crippen molar-refractivity contribution < 1.29 is 27.1 Å². The molecular weight excluding hydrogens is 490 g/mol. The van der Waals surface area contributed by atoms with Gasteiger partial charge < -0.3 is 20.8 Å². The molecule has 4 aromatic rings. The average Bonchev–Trinajstić information content (AvgIpc) is 3.27. The summed E-state index contributed by atoms with van der Waals surface area (Å²) in [5.41, 5.74) is 5.89. The van der Waals surface area contributed by atoms with Crippen LogP contribution in [0, 0.1) is 5.82 Å². The first-order valence-electron chi connectivity index (χ1n) is 9.98. The number of carbonyl (C=O) groups excluding carboxylic acids is 1. The molecule has 2 heterocycles. The number of nitrogens with zero attached hydrogens (tertiary/aromatic N) is 2. The minimum Gasteiger partial charge on any atom is -0.485 e. The van der Waals surface area contributed by atoms with Crippen LogP contribution in [0.4, 0.5) is 29.1 Å². The highest BCUT2D eigenvalue weighted by molar-refractivity contribution is 6.31. The first-order chi connectivity index (χ1) is 16.6. The average molecular weight is 506 g/mol. The molecule has 0 aliphatic rings. The number of imidazole rings is 1. The normalized spacial score (nSPS) is 11.3. The topological polar surface area (TPSA) is 106 Å². The van der Waals surface area contributed by atoms with Gasteiger partial charge in [0.15, 0.2) is 17.3 Å². The summed E-state index contributed by atoms with van der Waals surface area (Å²) in [6, 6.07) is 12.3. The fourth-order valence-corrected chi connectivity index (χ4v) is 3.30. The number of aromatic amines is 1. The predicted molar refractivity (Wildman–Crippen MR) is 121 cm³/mol. The number of hydrogen-bond donors (Lipinski definition) is 3. The van der Waals surface area contributed by atoms with E-state index in [9.17, 15) is 22.4 Å². The molecule has 0 spiro atoms. The van der Waals surface area contributed by atoms with Gasteiger partial charge in [-0.3, -0.25) is 4.79 Å². The quantitative estimate of drug-likeness (QED) is 0.292. The first kappa shape index (κ1) is 24.0. The molecule has 4 rings (SSSR count). The molecule has 12 heteroatoms. The van der Waals surface area contributed by atoms with Gasteiger partial charge in [0.2, 0.25) is 5.82 Å². The SMILES string of the molecule is Nc1ncccc1OCc1cc(NC(=O)c2nc(C(F)(F)F)[nH]c2-c2ccc(F)cc2)ccc1Cl. The van der Waals surface area contributed by atoms with Crippen LogP contribution < -0.4 is 15.8 Å². The van der Waals surface area contributed by atoms with E-state index in [0.29, 0.717) is 16.3 Å². The zero-order chi connectivity index (χ0) is 25.2. The molecule has 0 bridgehead atoms. The van der Waals surface area contributed by atoms with Gasteiger partial charge in [0, 0.05) is 28.0 Å². The highest BCUT2D eigenvalue weighted by Gasteiger charge is 2.37. The fourth-order valence-electron chi connectivity index (χ4n) is 3.13. The molecule has 0 radical (unpaired) electrons. The van der Waals surface area contributed by atoms with E-state index in [-0.39, 0.29) is 29.4 Å². The number of aromatic nitrogens is 3. The zero-order valence-corrected chi connectivity index (χ0v) is 18.4. The minimum atomic E-state index is -4.83. The van der Waals surface area contributed by atoms with Crippen LogP contribution in [0.2, 0.25) is 5.02 Å². The number of amides is 1. The lowest BCUT2D eigenvalue weighted by Gasteiger charge is -2.11. The van der Waals surface area contributed by atoms with E-state index in [1.165, 1.54) is 36.5 Å². The number of anilines is 2. The van der Waals surface area contributed by atoms with Gasteiger partial charge in [-0.15, -0.1) is 0 Å². The molecule has 180 valence electrons. The second-order valence-electron chi connectivity index (χ2n) is 7.25. The second kappa shape index (κ2) is 9.63. The number of alkyl halides is 3. The van der Waals surface area contributed by atoms with Gasteiger partial charge in [-0.1, -0.05) is 11.6 Å². The van der Waals surface area contributed by atoms with Crippen LogP contribution in [-0.2, 0) is 12.8 Å². The third-order valence-corrected chi connectivity index (χ3v) is 5.18. The van der Waals surface area contributed by atoms with Crippen LogP contribution in [0.15, 0.2) is 60.8 Å². The Kier molecular flexibility index (Phi) is 6.61. The Balaban J connectivity index is 1.60. The van der Waals surface area contributed by atoms with E-state index in [4.69, 9.17) is 22.1 Å². The third-order valence-electron chi connectivity index (χ3n) is 4.81. The van der Waals surface area contributed by atoms with Crippen molar-refractivity contribution in [2.24, 2.45) is 0 Å². The molecule has 0 atom stereocenters. The molecule has 0 fully saturated rings. The Morgan fingerprint density at radius 3 is 2.57 bits per heavy atom. The number of pyridine rings is 1. The van der Waals surface area contributed by atoms with E-state index >= 15 is 0 Å². The molecular formula is C23H16ClF4N5O2. The predicted octanol–water partition coefficient (Wildman–Crippen LogP) is 5.70. The molecule has 4 N–H and O–H groups in total. The summed E-state index contributed by atoms with van der Waals surface area (Å²) in [4.78, 5) is 22.4. The third kappa shape index (κ3) is 5.52. The summed E-state index contributed by atoms with van der Waals surface area (Å²) in [6.07, 6.45) is -3.32.